The van der Waals surface area contributed by atoms with Crippen LogP contribution >= 0.6 is 23.1 Å². The number of aromatic nitrogens is 1. The number of aliphatic imine (C=N–C) groups is 1. The number of fused-ring (bicyclic) bond motifs is 1. The van der Waals surface area contributed by atoms with Crippen LogP contribution in [0, 0.1) is 0 Å². The van der Waals surface area contributed by atoms with Crippen molar-refractivity contribution in [3.8, 4) is 0 Å². The maximum atomic E-state index is 12.7. The Balaban J connectivity index is 1.46. The molecule has 1 aromatic rings. The Morgan fingerprint density at radius 2 is 2.38 bits per heavy atom. The minimum absolute atomic E-state index is 0.180. The molecular formula is C14H16N4OS2. The van der Waals surface area contributed by atoms with Gasteiger partial charge in [0, 0.05) is 30.4 Å². The summed E-state index contributed by atoms with van der Waals surface area (Å²) in [7, 11) is 0. The van der Waals surface area contributed by atoms with Crippen LogP contribution in [0.3, 0.4) is 0 Å². The Morgan fingerprint density at radius 3 is 3.24 bits per heavy atom. The number of thioether (sulfide) groups is 1. The number of amidine groups is 1. The van der Waals surface area contributed by atoms with Crippen molar-refractivity contribution in [2.24, 2.45) is 4.99 Å². The fraction of sp³-hybridized carbons (Fsp3) is 0.500. The molecule has 3 aliphatic heterocycles. The molecule has 3 aliphatic rings. The molecule has 1 amide bonds. The van der Waals surface area contributed by atoms with E-state index in [4.69, 9.17) is 0 Å². The molecule has 1 aromatic heterocycles. The van der Waals surface area contributed by atoms with Gasteiger partial charge in [0.2, 0.25) is 5.91 Å². The van der Waals surface area contributed by atoms with Gasteiger partial charge in [-0.2, -0.15) is 0 Å². The first-order valence-corrected chi connectivity index (χ1v) is 8.95. The van der Waals surface area contributed by atoms with Crippen LogP contribution in [-0.4, -0.2) is 45.5 Å². The number of hydrogen-bond acceptors (Lipinski definition) is 6. The van der Waals surface area contributed by atoms with Crippen LogP contribution < -0.4 is 0 Å². The third-order valence-electron chi connectivity index (χ3n) is 4.09. The van der Waals surface area contributed by atoms with E-state index < -0.39 is 0 Å². The smallest absolute Gasteiger partial charge is 0.229 e. The Kier molecular flexibility index (Phi) is 3.46. The first-order valence-electron chi connectivity index (χ1n) is 7.19. The summed E-state index contributed by atoms with van der Waals surface area (Å²) in [6.45, 7) is 2.61. The van der Waals surface area contributed by atoms with Gasteiger partial charge in [-0.05, 0) is 18.2 Å². The van der Waals surface area contributed by atoms with E-state index in [-0.39, 0.29) is 11.9 Å². The van der Waals surface area contributed by atoms with Gasteiger partial charge in [0.25, 0.3) is 0 Å². The molecule has 4 heterocycles. The molecule has 0 unspecified atom stereocenters. The lowest BCUT2D eigenvalue weighted by atomic mass is 10.2. The highest BCUT2D eigenvalue weighted by Crippen LogP contribution is 2.36. The van der Waals surface area contributed by atoms with E-state index in [9.17, 15) is 4.79 Å². The van der Waals surface area contributed by atoms with Gasteiger partial charge in [-0.15, -0.1) is 11.3 Å². The molecule has 110 valence electrons. The van der Waals surface area contributed by atoms with E-state index in [0.29, 0.717) is 6.42 Å². The van der Waals surface area contributed by atoms with E-state index in [0.717, 1.165) is 48.3 Å². The van der Waals surface area contributed by atoms with Crippen LogP contribution in [0.25, 0.3) is 0 Å². The minimum atomic E-state index is 0.180. The van der Waals surface area contributed by atoms with Crippen LogP contribution in [0.1, 0.15) is 30.3 Å². The Morgan fingerprint density at radius 1 is 1.43 bits per heavy atom. The van der Waals surface area contributed by atoms with Gasteiger partial charge >= 0.3 is 0 Å². The molecule has 0 saturated carbocycles. The van der Waals surface area contributed by atoms with Gasteiger partial charge in [0.05, 0.1) is 19.0 Å². The van der Waals surface area contributed by atoms with E-state index in [1.807, 2.05) is 16.5 Å². The quantitative estimate of drug-likeness (QED) is 0.858. The number of amides is 1. The maximum absolute atomic E-state index is 12.7. The zero-order valence-electron chi connectivity index (χ0n) is 11.6. The maximum Gasteiger partial charge on any atom is 0.229 e. The summed E-state index contributed by atoms with van der Waals surface area (Å²) in [6.07, 6.45) is 4.40. The predicted molar refractivity (Wildman–Crippen MR) is 85.1 cm³/mol. The number of likely N-dealkylation sites (tertiary alicyclic amines) is 1. The fourth-order valence-electron chi connectivity index (χ4n) is 3.09. The van der Waals surface area contributed by atoms with E-state index >= 15 is 0 Å². The van der Waals surface area contributed by atoms with Crippen LogP contribution in [0.2, 0.25) is 0 Å². The van der Waals surface area contributed by atoms with Crippen LogP contribution in [0.5, 0.6) is 0 Å². The highest BCUT2D eigenvalue weighted by atomic mass is 32.2. The average Bonchev–Trinajstić information content (AvgIpc) is 3.25. The van der Waals surface area contributed by atoms with E-state index in [2.05, 4.69) is 20.3 Å². The molecule has 1 atom stereocenters. The lowest BCUT2D eigenvalue weighted by molar-refractivity contribution is -0.131. The molecule has 5 nitrogen and oxygen atoms in total. The fourth-order valence-corrected chi connectivity index (χ4v) is 4.83. The number of rotatable bonds is 3. The van der Waals surface area contributed by atoms with Gasteiger partial charge in [0.15, 0.2) is 5.17 Å². The molecule has 0 radical (unpaired) electrons. The number of hydrogen-bond donors (Lipinski definition) is 0. The van der Waals surface area contributed by atoms with E-state index in [1.165, 1.54) is 0 Å². The predicted octanol–water partition coefficient (Wildman–Crippen LogP) is 2.46. The standard InChI is InChI=1S/C14H16N4OS2/c19-12(8-10-9-21-14-16-3-6-17(10)14)18-5-1-2-11(18)13-15-4-7-20-13/h4,7,9,11H,1-3,5-6,8H2/t11-/m1/s1. The van der Waals surface area contributed by atoms with Crippen LogP contribution in [0.15, 0.2) is 27.7 Å². The Bertz CT molecular complexity index is 611. The average molecular weight is 320 g/mol. The molecule has 7 heteroatoms. The number of carbonyl (C=O) groups excluding carboxylic acids is 1. The van der Waals surface area contributed by atoms with Gasteiger partial charge in [0.1, 0.15) is 5.01 Å². The van der Waals surface area contributed by atoms with Crippen LogP contribution in [-0.2, 0) is 4.79 Å². The summed E-state index contributed by atoms with van der Waals surface area (Å²) in [5.41, 5.74) is 1.10. The number of carbonyl (C=O) groups is 1. The summed E-state index contributed by atoms with van der Waals surface area (Å²) in [5.74, 6) is 0.215. The molecule has 0 N–H and O–H groups in total. The molecular weight excluding hydrogens is 304 g/mol. The Hall–Kier alpha value is -1.34. The summed E-state index contributed by atoms with van der Waals surface area (Å²) in [6, 6.07) is 0.180. The second-order valence-electron chi connectivity index (χ2n) is 5.34. The minimum Gasteiger partial charge on any atom is -0.333 e. The van der Waals surface area contributed by atoms with Gasteiger partial charge in [-0.25, -0.2) is 4.98 Å². The van der Waals surface area contributed by atoms with Crippen molar-refractivity contribution in [1.29, 1.82) is 0 Å². The third kappa shape index (κ3) is 2.38. The summed E-state index contributed by atoms with van der Waals surface area (Å²) in [5, 5.41) is 6.18. The number of nitrogens with zero attached hydrogens (tertiary/aromatic N) is 4. The molecule has 4 rings (SSSR count). The first kappa shape index (κ1) is 13.3. The van der Waals surface area contributed by atoms with Crippen molar-refractivity contribution in [2.45, 2.75) is 25.3 Å². The van der Waals surface area contributed by atoms with Crippen molar-refractivity contribution in [3.05, 3.63) is 27.7 Å². The van der Waals surface area contributed by atoms with Crippen LogP contribution in [0.4, 0.5) is 0 Å². The molecule has 0 aromatic carbocycles. The lowest BCUT2D eigenvalue weighted by Gasteiger charge is -2.25. The zero-order chi connectivity index (χ0) is 14.2. The Labute approximate surface area is 131 Å². The summed E-state index contributed by atoms with van der Waals surface area (Å²) < 4.78 is 0. The number of thiazole rings is 1. The third-order valence-corrected chi connectivity index (χ3v) is 5.92. The van der Waals surface area contributed by atoms with Gasteiger partial charge in [-0.1, -0.05) is 11.8 Å². The molecule has 21 heavy (non-hydrogen) atoms. The molecule has 0 bridgehead atoms. The highest BCUT2D eigenvalue weighted by Gasteiger charge is 2.34. The second-order valence-corrected chi connectivity index (χ2v) is 7.10. The highest BCUT2D eigenvalue weighted by molar-refractivity contribution is 8.16. The first-order chi connectivity index (χ1) is 10.3. The SMILES string of the molecule is O=C(CC1=CSC2=NCCN12)N1CCC[C@@H]1c1nccs1. The monoisotopic (exact) mass is 320 g/mol. The lowest BCUT2D eigenvalue weighted by Crippen LogP contribution is -2.32. The van der Waals surface area contributed by atoms with E-state index in [1.54, 1.807) is 23.1 Å². The zero-order valence-corrected chi connectivity index (χ0v) is 13.2. The second kappa shape index (κ2) is 5.46. The molecule has 0 spiro atoms. The summed E-state index contributed by atoms with van der Waals surface area (Å²) in [4.78, 5) is 25.7. The molecule has 1 fully saturated rings. The van der Waals surface area contributed by atoms with Crippen molar-refractivity contribution in [2.75, 3.05) is 19.6 Å². The largest absolute Gasteiger partial charge is 0.333 e. The van der Waals surface area contributed by atoms with Crippen molar-refractivity contribution in [1.82, 2.24) is 14.8 Å². The normalized spacial score (nSPS) is 24.3. The van der Waals surface area contributed by atoms with Crippen molar-refractivity contribution >= 4 is 34.2 Å². The van der Waals surface area contributed by atoms with Crippen molar-refractivity contribution < 1.29 is 4.79 Å². The molecule has 0 aliphatic carbocycles. The van der Waals surface area contributed by atoms with Gasteiger partial charge in [-0.3, -0.25) is 9.79 Å². The topological polar surface area (TPSA) is 48.8 Å². The van der Waals surface area contributed by atoms with Crippen molar-refractivity contribution in [3.63, 3.8) is 0 Å². The molecule has 1 saturated heterocycles. The summed E-state index contributed by atoms with van der Waals surface area (Å²) >= 11 is 3.28. The van der Waals surface area contributed by atoms with Gasteiger partial charge < -0.3 is 9.80 Å².